The van der Waals surface area contributed by atoms with E-state index in [9.17, 15) is 14.7 Å². The molecule has 0 saturated carbocycles. The molecule has 2 aliphatic rings. The number of fused-ring (bicyclic) bond motifs is 2. The Morgan fingerprint density at radius 1 is 1.14 bits per heavy atom. The molecule has 2 heterocycles. The van der Waals surface area contributed by atoms with E-state index in [-0.39, 0.29) is 36.5 Å². The van der Waals surface area contributed by atoms with E-state index in [1.807, 2.05) is 0 Å². The lowest BCUT2D eigenvalue weighted by molar-refractivity contribution is -0.131. The van der Waals surface area contributed by atoms with Gasteiger partial charge in [0.1, 0.15) is 23.6 Å². The molecule has 1 fully saturated rings. The van der Waals surface area contributed by atoms with Gasteiger partial charge < -0.3 is 20.5 Å². The zero-order valence-electron chi connectivity index (χ0n) is 19.4. The first kappa shape index (κ1) is 25.1. The summed E-state index contributed by atoms with van der Waals surface area (Å²) in [5, 5.41) is 15.9. The second-order valence-electron chi connectivity index (χ2n) is 8.88. The van der Waals surface area contributed by atoms with E-state index in [2.05, 4.69) is 16.6 Å². The Kier molecular flexibility index (Phi) is 6.59. The van der Waals surface area contributed by atoms with Crippen LogP contribution in [-0.4, -0.2) is 30.1 Å². The molecule has 9 heteroatoms. The molecule has 6 nitrogen and oxygen atoms in total. The molecule has 0 radical (unpaired) electrons. The summed E-state index contributed by atoms with van der Waals surface area (Å²) in [4.78, 5) is 27.3. The van der Waals surface area contributed by atoms with E-state index in [1.165, 1.54) is 12.1 Å². The number of ether oxygens (including phenoxy) is 1. The predicted molar refractivity (Wildman–Crippen MR) is 138 cm³/mol. The Morgan fingerprint density at radius 2 is 1.92 bits per heavy atom. The van der Waals surface area contributed by atoms with Crippen molar-refractivity contribution in [2.24, 2.45) is 0 Å². The van der Waals surface area contributed by atoms with Crippen LogP contribution in [0, 0.1) is 18.2 Å². The van der Waals surface area contributed by atoms with Gasteiger partial charge in [-0.2, -0.15) is 0 Å². The highest BCUT2D eigenvalue weighted by Crippen LogP contribution is 2.59. The van der Waals surface area contributed by atoms with Crippen LogP contribution in [-0.2, 0) is 15.0 Å². The quantitative estimate of drug-likeness (QED) is 0.410. The molecule has 0 bridgehead atoms. The summed E-state index contributed by atoms with van der Waals surface area (Å²) in [6.45, 7) is -0.460. The summed E-state index contributed by atoms with van der Waals surface area (Å²) in [6, 6.07) is 13.5. The number of benzene rings is 3. The van der Waals surface area contributed by atoms with Gasteiger partial charge in [-0.25, -0.2) is 4.39 Å². The van der Waals surface area contributed by atoms with E-state index >= 15 is 4.39 Å². The first-order valence-electron chi connectivity index (χ1n) is 11.5. The molecule has 3 aromatic carbocycles. The maximum atomic E-state index is 16.1. The maximum absolute atomic E-state index is 16.1. The third kappa shape index (κ3) is 4.02. The lowest BCUT2D eigenvalue weighted by atomic mass is 9.59. The average molecular weight is 539 g/mol. The first-order valence-corrected chi connectivity index (χ1v) is 12.3. The van der Waals surface area contributed by atoms with E-state index < -0.39 is 35.0 Å². The van der Waals surface area contributed by atoms with Gasteiger partial charge in [-0.15, -0.1) is 6.42 Å². The normalized spacial score (nSPS) is 22.2. The van der Waals surface area contributed by atoms with Crippen LogP contribution >= 0.6 is 23.2 Å². The molecule has 2 amide bonds. The van der Waals surface area contributed by atoms with Crippen molar-refractivity contribution in [3.05, 3.63) is 92.7 Å². The molecule has 188 valence electrons. The van der Waals surface area contributed by atoms with Gasteiger partial charge in [0, 0.05) is 28.1 Å². The van der Waals surface area contributed by atoms with Gasteiger partial charge in [0.25, 0.3) is 0 Å². The minimum absolute atomic E-state index is 0.0529. The fourth-order valence-corrected chi connectivity index (χ4v) is 5.85. The van der Waals surface area contributed by atoms with Crippen LogP contribution < -0.4 is 15.4 Å². The van der Waals surface area contributed by atoms with Crippen LogP contribution in [0.15, 0.2) is 54.6 Å². The summed E-state index contributed by atoms with van der Waals surface area (Å²) in [5.41, 5.74) is -0.0226. The van der Waals surface area contributed by atoms with E-state index in [0.29, 0.717) is 26.9 Å². The number of aliphatic hydroxyl groups excluding tert-OH is 1. The van der Waals surface area contributed by atoms with Crippen molar-refractivity contribution < 1.29 is 23.8 Å². The van der Waals surface area contributed by atoms with Gasteiger partial charge in [-0.3, -0.25) is 9.59 Å². The Bertz CT molecular complexity index is 1470. The van der Waals surface area contributed by atoms with Crippen molar-refractivity contribution >= 4 is 40.7 Å². The van der Waals surface area contributed by atoms with Crippen LogP contribution in [0.2, 0.25) is 10.0 Å². The second kappa shape index (κ2) is 9.71. The minimum Gasteiger partial charge on any atom is -0.491 e. The molecule has 3 atom stereocenters. The van der Waals surface area contributed by atoms with Crippen molar-refractivity contribution in [2.45, 2.75) is 23.8 Å². The Hall–Kier alpha value is -3.57. The van der Waals surface area contributed by atoms with Crippen molar-refractivity contribution in [1.29, 1.82) is 0 Å². The summed E-state index contributed by atoms with van der Waals surface area (Å²) in [6.07, 6.45) is 5.50. The maximum Gasteiger partial charge on any atom is 0.238 e. The van der Waals surface area contributed by atoms with Gasteiger partial charge in [-0.05, 0) is 47.5 Å². The number of rotatable bonds is 5. The zero-order valence-corrected chi connectivity index (χ0v) is 20.9. The lowest BCUT2D eigenvalue weighted by Crippen LogP contribution is -2.57. The van der Waals surface area contributed by atoms with Crippen LogP contribution in [0.5, 0.6) is 5.75 Å². The molecule has 0 aliphatic carbocycles. The smallest absolute Gasteiger partial charge is 0.238 e. The van der Waals surface area contributed by atoms with Crippen molar-refractivity contribution in [3.8, 4) is 18.1 Å². The molecule has 2 aliphatic heterocycles. The molecular formula is C28H21Cl2FN2O4. The van der Waals surface area contributed by atoms with E-state index in [1.54, 1.807) is 42.5 Å². The van der Waals surface area contributed by atoms with Gasteiger partial charge in [0.2, 0.25) is 11.8 Å². The molecule has 3 unspecified atom stereocenters. The number of carbonyl (C=O) groups excluding carboxylic acids is 2. The molecule has 5 rings (SSSR count). The highest BCUT2D eigenvalue weighted by molar-refractivity contribution is 6.31. The Balaban J connectivity index is 1.85. The van der Waals surface area contributed by atoms with Crippen molar-refractivity contribution in [2.75, 3.05) is 18.5 Å². The number of anilines is 1. The van der Waals surface area contributed by atoms with Gasteiger partial charge >= 0.3 is 0 Å². The fraction of sp³-hybridized carbons (Fsp3) is 0.214. The number of carbonyl (C=O) groups is 2. The number of hydrogen-bond acceptors (Lipinski definition) is 4. The van der Waals surface area contributed by atoms with Crippen LogP contribution in [0.3, 0.4) is 0 Å². The predicted octanol–water partition coefficient (Wildman–Crippen LogP) is 4.72. The number of hydrogen-bond donors (Lipinski definition) is 3. The van der Waals surface area contributed by atoms with Crippen LogP contribution in [0.1, 0.15) is 40.6 Å². The largest absolute Gasteiger partial charge is 0.491 e. The van der Waals surface area contributed by atoms with Gasteiger partial charge in [0.05, 0.1) is 23.8 Å². The summed E-state index contributed by atoms with van der Waals surface area (Å²) >= 11 is 12.5. The third-order valence-electron chi connectivity index (χ3n) is 6.93. The fourth-order valence-electron chi connectivity index (χ4n) is 5.48. The molecule has 1 saturated heterocycles. The van der Waals surface area contributed by atoms with Crippen molar-refractivity contribution in [1.82, 2.24) is 5.32 Å². The average Bonchev–Trinajstić information content (AvgIpc) is 3.15. The molecule has 1 spiro atoms. The molecule has 3 aromatic rings. The molecule has 37 heavy (non-hydrogen) atoms. The molecular weight excluding hydrogens is 518 g/mol. The third-order valence-corrected chi connectivity index (χ3v) is 7.41. The second-order valence-corrected chi connectivity index (χ2v) is 9.75. The van der Waals surface area contributed by atoms with E-state index in [0.717, 1.165) is 0 Å². The number of halogens is 3. The first-order chi connectivity index (χ1) is 17.8. The standard InChI is InChI=1S/C28H21Cl2FN2O4/c1-2-15-6-9-22(37-11-10-34)24(25(15)31)26-28(19-8-7-18(30)13-21(19)32-27(28)36)20(14-23(35)33-26)16-4-3-5-17(29)12-16/h1,3-9,12-13,20,26,34H,10-11,14H2,(H,32,36)(H,33,35). The Labute approximate surface area is 222 Å². The SMILES string of the molecule is C#Cc1ccc(OCCO)c(C2NC(=O)CC(c3cccc(Cl)c3)C23C(=O)Nc2cc(Cl)ccc23)c1F. The zero-order chi connectivity index (χ0) is 26.3. The number of amides is 2. The highest BCUT2D eigenvalue weighted by atomic mass is 35.5. The molecule has 3 N–H and O–H groups in total. The Morgan fingerprint density at radius 3 is 2.65 bits per heavy atom. The topological polar surface area (TPSA) is 87.7 Å². The van der Waals surface area contributed by atoms with E-state index in [4.69, 9.17) is 34.4 Å². The van der Waals surface area contributed by atoms with Crippen LogP contribution in [0.25, 0.3) is 0 Å². The number of nitrogens with one attached hydrogen (secondary N) is 2. The van der Waals surface area contributed by atoms with Gasteiger partial charge in [-0.1, -0.05) is 47.3 Å². The highest BCUT2D eigenvalue weighted by Gasteiger charge is 2.62. The lowest BCUT2D eigenvalue weighted by Gasteiger charge is -2.46. The van der Waals surface area contributed by atoms with Crippen molar-refractivity contribution in [3.63, 3.8) is 0 Å². The van der Waals surface area contributed by atoms with Crippen LogP contribution in [0.4, 0.5) is 10.1 Å². The van der Waals surface area contributed by atoms with Gasteiger partial charge in [0.15, 0.2) is 0 Å². The summed E-state index contributed by atoms with van der Waals surface area (Å²) in [7, 11) is 0. The molecule has 0 aromatic heterocycles. The number of piperidine rings is 1. The summed E-state index contributed by atoms with van der Waals surface area (Å²) < 4.78 is 21.7. The number of aliphatic hydroxyl groups is 1. The minimum atomic E-state index is -1.51. The monoisotopic (exact) mass is 538 g/mol. The number of terminal acetylenes is 1. The summed E-state index contributed by atoms with van der Waals surface area (Å²) in [5.74, 6) is -0.00967.